The van der Waals surface area contributed by atoms with Gasteiger partial charge in [0, 0.05) is 71.9 Å². The summed E-state index contributed by atoms with van der Waals surface area (Å²) < 4.78 is 3.46. The number of aryl methyl sites for hydroxylation is 1. The van der Waals surface area contributed by atoms with Crippen LogP contribution in [0.1, 0.15) is 42.9 Å². The van der Waals surface area contributed by atoms with Gasteiger partial charge in [-0.2, -0.15) is 5.26 Å². The molecule has 1 aliphatic heterocycles. The van der Waals surface area contributed by atoms with E-state index in [2.05, 4.69) is 78.7 Å². The maximum Gasteiger partial charge on any atom is 0.0991 e. The summed E-state index contributed by atoms with van der Waals surface area (Å²) in [6.07, 6.45) is 6.89. The van der Waals surface area contributed by atoms with Gasteiger partial charge in [-0.05, 0) is 74.1 Å². The molecule has 6 rings (SSSR count). The molecular weight excluding hydrogens is 498 g/mol. The molecule has 2 aromatic heterocycles. The van der Waals surface area contributed by atoms with Crippen molar-refractivity contribution < 1.29 is 0 Å². The van der Waals surface area contributed by atoms with E-state index in [0.717, 1.165) is 41.7 Å². The lowest BCUT2D eigenvalue weighted by Crippen LogP contribution is -2.51. The van der Waals surface area contributed by atoms with Crippen LogP contribution in [0.25, 0.3) is 21.8 Å². The van der Waals surface area contributed by atoms with Crippen LogP contribution in [0.3, 0.4) is 0 Å². The molecule has 5 nitrogen and oxygen atoms in total. The van der Waals surface area contributed by atoms with Crippen LogP contribution >= 0.6 is 15.9 Å². The summed E-state index contributed by atoms with van der Waals surface area (Å²) in [7, 11) is 2.18. The molecule has 0 radical (unpaired) electrons. The molecule has 2 fully saturated rings. The van der Waals surface area contributed by atoms with Gasteiger partial charge >= 0.3 is 0 Å². The van der Waals surface area contributed by atoms with Crippen molar-refractivity contribution in [2.75, 3.05) is 31.1 Å². The van der Waals surface area contributed by atoms with E-state index in [-0.39, 0.29) is 0 Å². The second kappa shape index (κ2) is 9.29. The Balaban J connectivity index is 1.10. The number of piperazine rings is 1. The van der Waals surface area contributed by atoms with E-state index in [1.54, 1.807) is 0 Å². The lowest BCUT2D eigenvalue weighted by atomic mass is 9.83. The minimum atomic E-state index is 0.606. The minimum absolute atomic E-state index is 0.606. The highest BCUT2D eigenvalue weighted by molar-refractivity contribution is 9.10. The van der Waals surface area contributed by atoms with E-state index in [4.69, 9.17) is 0 Å². The van der Waals surface area contributed by atoms with Crippen LogP contribution in [0, 0.1) is 11.3 Å². The molecule has 1 aliphatic carbocycles. The summed E-state index contributed by atoms with van der Waals surface area (Å²) in [5.74, 6) is 0.606. The summed E-state index contributed by atoms with van der Waals surface area (Å²) in [6, 6.07) is 19.8. The van der Waals surface area contributed by atoms with Crippen LogP contribution in [0.2, 0.25) is 0 Å². The van der Waals surface area contributed by atoms with Gasteiger partial charge in [-0.15, -0.1) is 0 Å². The van der Waals surface area contributed by atoms with Crippen LogP contribution in [0.5, 0.6) is 0 Å². The first-order chi connectivity index (χ1) is 17.1. The molecule has 3 heterocycles. The molecule has 0 N–H and O–H groups in total. The van der Waals surface area contributed by atoms with Crippen LogP contribution < -0.4 is 4.90 Å². The van der Waals surface area contributed by atoms with Gasteiger partial charge in [0.15, 0.2) is 0 Å². The Morgan fingerprint density at radius 1 is 0.943 bits per heavy atom. The molecule has 0 unspecified atom stereocenters. The van der Waals surface area contributed by atoms with E-state index in [1.165, 1.54) is 53.4 Å². The van der Waals surface area contributed by atoms with Gasteiger partial charge in [-0.25, -0.2) is 0 Å². The third kappa shape index (κ3) is 4.22. The van der Waals surface area contributed by atoms with Crippen molar-refractivity contribution in [1.82, 2.24) is 14.5 Å². The number of nitriles is 1. The number of benzene rings is 2. The molecule has 6 heteroatoms. The molecule has 0 spiro atoms. The highest BCUT2D eigenvalue weighted by Crippen LogP contribution is 2.38. The Kier molecular flexibility index (Phi) is 5.99. The van der Waals surface area contributed by atoms with Gasteiger partial charge in [-0.1, -0.05) is 22.0 Å². The van der Waals surface area contributed by atoms with Crippen molar-refractivity contribution in [2.45, 2.75) is 37.6 Å². The van der Waals surface area contributed by atoms with E-state index in [9.17, 15) is 5.26 Å². The fraction of sp³-hybridized carbons (Fsp3) is 0.379. The Morgan fingerprint density at radius 3 is 2.51 bits per heavy atom. The van der Waals surface area contributed by atoms with Crippen molar-refractivity contribution in [3.8, 4) is 6.07 Å². The molecule has 4 aromatic rings. The molecule has 0 amide bonds. The van der Waals surface area contributed by atoms with Crippen LogP contribution in [0.15, 0.2) is 59.2 Å². The van der Waals surface area contributed by atoms with Gasteiger partial charge in [0.1, 0.15) is 0 Å². The quantitative estimate of drug-likeness (QED) is 0.317. The van der Waals surface area contributed by atoms with E-state index in [0.29, 0.717) is 12.0 Å². The molecule has 35 heavy (non-hydrogen) atoms. The van der Waals surface area contributed by atoms with Gasteiger partial charge in [0.2, 0.25) is 0 Å². The first kappa shape index (κ1) is 22.6. The molecule has 0 atom stereocenters. The summed E-state index contributed by atoms with van der Waals surface area (Å²) in [6.45, 7) is 4.32. The van der Waals surface area contributed by atoms with Crippen LogP contribution in [-0.4, -0.2) is 46.7 Å². The number of fused-ring (bicyclic) bond motifs is 2. The Bertz CT molecular complexity index is 1420. The SMILES string of the molecule is Cn1c(C2CCC(N3CCN(c4cc(Br)cc5cccnc45)CC3)CC2)cc2cc(C#N)ccc21. The minimum Gasteiger partial charge on any atom is -0.367 e. The number of aromatic nitrogens is 2. The fourth-order valence-corrected chi connectivity index (χ4v) is 6.74. The monoisotopic (exact) mass is 527 g/mol. The number of anilines is 1. The highest BCUT2D eigenvalue weighted by atomic mass is 79.9. The Morgan fingerprint density at radius 2 is 1.74 bits per heavy atom. The molecule has 2 aliphatic rings. The molecule has 178 valence electrons. The predicted molar refractivity (Wildman–Crippen MR) is 146 cm³/mol. The first-order valence-corrected chi connectivity index (χ1v) is 13.4. The largest absolute Gasteiger partial charge is 0.367 e. The van der Waals surface area contributed by atoms with Gasteiger partial charge < -0.3 is 9.47 Å². The normalized spacial score (nSPS) is 21.5. The number of halogens is 1. The molecule has 1 saturated heterocycles. The standard InChI is InChI=1S/C29H30BrN5/c1-33-26-9-4-20(19-31)15-23(26)17-27(33)21-5-7-25(8-6-21)34-11-13-35(14-12-34)28-18-24(30)16-22-3-2-10-32-29(22)28/h2-4,9-10,15-18,21,25H,5-8,11-14H2,1H3. The molecule has 1 saturated carbocycles. The summed E-state index contributed by atoms with van der Waals surface area (Å²) >= 11 is 3.69. The molecule has 0 bridgehead atoms. The van der Waals surface area contributed by atoms with Crippen molar-refractivity contribution in [3.05, 3.63) is 70.5 Å². The summed E-state index contributed by atoms with van der Waals surface area (Å²) in [4.78, 5) is 9.91. The zero-order valence-corrected chi connectivity index (χ0v) is 21.7. The zero-order valence-electron chi connectivity index (χ0n) is 20.1. The van der Waals surface area contributed by atoms with Crippen molar-refractivity contribution >= 4 is 43.4 Å². The average Bonchev–Trinajstić information content (AvgIpc) is 3.24. The number of pyridine rings is 1. The van der Waals surface area contributed by atoms with E-state index >= 15 is 0 Å². The fourth-order valence-electron chi connectivity index (χ4n) is 6.28. The van der Waals surface area contributed by atoms with E-state index < -0.39 is 0 Å². The van der Waals surface area contributed by atoms with Gasteiger partial charge in [0.25, 0.3) is 0 Å². The molecular formula is C29H30BrN5. The number of hydrogen-bond donors (Lipinski definition) is 0. The summed E-state index contributed by atoms with van der Waals surface area (Å²) in [5.41, 5.74) is 5.73. The van der Waals surface area contributed by atoms with Crippen molar-refractivity contribution in [1.29, 1.82) is 5.26 Å². The number of rotatable bonds is 3. The molecule has 2 aromatic carbocycles. The maximum atomic E-state index is 9.25. The second-order valence-corrected chi connectivity index (χ2v) is 11.0. The van der Waals surface area contributed by atoms with Crippen molar-refractivity contribution in [2.24, 2.45) is 7.05 Å². The topological polar surface area (TPSA) is 48.1 Å². The van der Waals surface area contributed by atoms with E-state index in [1.807, 2.05) is 24.4 Å². The maximum absolute atomic E-state index is 9.25. The summed E-state index contributed by atoms with van der Waals surface area (Å²) in [5, 5.41) is 11.6. The van der Waals surface area contributed by atoms with Gasteiger partial charge in [0.05, 0.1) is 22.8 Å². The smallest absolute Gasteiger partial charge is 0.0991 e. The van der Waals surface area contributed by atoms with Gasteiger partial charge in [-0.3, -0.25) is 9.88 Å². The highest BCUT2D eigenvalue weighted by Gasteiger charge is 2.30. The van der Waals surface area contributed by atoms with Crippen molar-refractivity contribution in [3.63, 3.8) is 0 Å². The second-order valence-electron chi connectivity index (χ2n) is 10.0. The third-order valence-corrected chi connectivity index (χ3v) is 8.60. The Hall–Kier alpha value is -2.88. The number of hydrogen-bond acceptors (Lipinski definition) is 4. The number of nitrogens with zero attached hydrogens (tertiary/aromatic N) is 5. The lowest BCUT2D eigenvalue weighted by molar-refractivity contribution is 0.140. The predicted octanol–water partition coefficient (Wildman–Crippen LogP) is 6.21. The third-order valence-electron chi connectivity index (χ3n) is 8.14. The first-order valence-electron chi connectivity index (χ1n) is 12.6. The van der Waals surface area contributed by atoms with Crippen LogP contribution in [0.4, 0.5) is 5.69 Å². The Labute approximate surface area is 215 Å². The average molecular weight is 528 g/mol. The zero-order chi connectivity index (χ0) is 23.9. The van der Waals surface area contributed by atoms with Crippen LogP contribution in [-0.2, 0) is 7.05 Å². The lowest BCUT2D eigenvalue weighted by Gasteiger charge is -2.42.